The molecule has 15 heavy (non-hydrogen) atoms. The van der Waals surface area contributed by atoms with Gasteiger partial charge in [-0.15, -0.1) is 12.4 Å². The van der Waals surface area contributed by atoms with Gasteiger partial charge in [0.15, 0.2) is 0 Å². The molecule has 0 radical (unpaired) electrons. The SMILES string of the molecule is Cl.Fc1ccc(Cl)cc1[C@H]1CNCCN1. The van der Waals surface area contributed by atoms with Gasteiger partial charge in [0.25, 0.3) is 0 Å². The lowest BCUT2D eigenvalue weighted by Crippen LogP contribution is -2.42. The Morgan fingerprint density at radius 3 is 2.80 bits per heavy atom. The molecule has 1 aromatic carbocycles. The molecule has 0 aliphatic carbocycles. The van der Waals surface area contributed by atoms with Crippen LogP contribution < -0.4 is 10.6 Å². The minimum Gasteiger partial charge on any atom is -0.314 e. The average molecular weight is 251 g/mol. The van der Waals surface area contributed by atoms with E-state index in [1.807, 2.05) is 0 Å². The Labute approximate surface area is 99.6 Å². The van der Waals surface area contributed by atoms with Crippen molar-refractivity contribution in [3.05, 3.63) is 34.6 Å². The minimum atomic E-state index is -0.199. The van der Waals surface area contributed by atoms with Gasteiger partial charge in [-0.25, -0.2) is 4.39 Å². The first-order valence-electron chi connectivity index (χ1n) is 4.66. The predicted octanol–water partition coefficient (Wildman–Crippen LogP) is 2.13. The molecule has 1 heterocycles. The molecule has 1 saturated heterocycles. The zero-order valence-electron chi connectivity index (χ0n) is 8.09. The van der Waals surface area contributed by atoms with Crippen LogP contribution in [-0.2, 0) is 0 Å². The van der Waals surface area contributed by atoms with E-state index in [2.05, 4.69) is 10.6 Å². The van der Waals surface area contributed by atoms with Gasteiger partial charge in [0.2, 0.25) is 0 Å². The molecule has 1 aliphatic heterocycles. The van der Waals surface area contributed by atoms with Crippen molar-refractivity contribution in [2.24, 2.45) is 0 Å². The lowest BCUT2D eigenvalue weighted by Gasteiger charge is -2.25. The molecule has 2 N–H and O–H groups in total. The Hall–Kier alpha value is -0.350. The Kier molecular flexibility index (Phi) is 4.80. The Bertz CT molecular complexity index is 327. The van der Waals surface area contributed by atoms with Gasteiger partial charge < -0.3 is 10.6 Å². The van der Waals surface area contributed by atoms with E-state index in [9.17, 15) is 4.39 Å². The van der Waals surface area contributed by atoms with Crippen LogP contribution in [0.4, 0.5) is 4.39 Å². The monoisotopic (exact) mass is 250 g/mol. The number of benzene rings is 1. The maximum Gasteiger partial charge on any atom is 0.128 e. The predicted molar refractivity (Wildman–Crippen MR) is 62.3 cm³/mol. The quantitative estimate of drug-likeness (QED) is 0.799. The van der Waals surface area contributed by atoms with Crippen molar-refractivity contribution >= 4 is 24.0 Å². The topological polar surface area (TPSA) is 24.1 Å². The molecule has 1 atom stereocenters. The second-order valence-electron chi connectivity index (χ2n) is 3.38. The molecule has 1 aromatic rings. The fraction of sp³-hybridized carbons (Fsp3) is 0.400. The normalized spacial score (nSPS) is 20.8. The third-order valence-electron chi connectivity index (χ3n) is 2.37. The minimum absolute atomic E-state index is 0. The molecular weight excluding hydrogens is 238 g/mol. The first-order valence-corrected chi connectivity index (χ1v) is 5.04. The highest BCUT2D eigenvalue weighted by molar-refractivity contribution is 6.30. The third-order valence-corrected chi connectivity index (χ3v) is 2.61. The Balaban J connectivity index is 0.00000112. The van der Waals surface area contributed by atoms with Crippen LogP contribution in [0.15, 0.2) is 18.2 Å². The van der Waals surface area contributed by atoms with Crippen LogP contribution in [0.1, 0.15) is 11.6 Å². The summed E-state index contributed by atoms with van der Waals surface area (Å²) in [4.78, 5) is 0. The average Bonchev–Trinajstić information content (AvgIpc) is 2.23. The highest BCUT2D eigenvalue weighted by Gasteiger charge is 2.17. The number of piperazine rings is 1. The molecule has 1 aliphatic rings. The highest BCUT2D eigenvalue weighted by atomic mass is 35.5. The smallest absolute Gasteiger partial charge is 0.128 e. The molecule has 1 fully saturated rings. The maximum atomic E-state index is 13.4. The largest absolute Gasteiger partial charge is 0.314 e. The Morgan fingerprint density at radius 1 is 1.33 bits per heavy atom. The van der Waals surface area contributed by atoms with Gasteiger partial charge in [0.1, 0.15) is 5.82 Å². The summed E-state index contributed by atoms with van der Waals surface area (Å²) in [5.41, 5.74) is 0.643. The van der Waals surface area contributed by atoms with E-state index in [4.69, 9.17) is 11.6 Å². The van der Waals surface area contributed by atoms with Crippen LogP contribution >= 0.6 is 24.0 Å². The van der Waals surface area contributed by atoms with Crippen LogP contribution in [0.5, 0.6) is 0 Å². The fourth-order valence-electron chi connectivity index (χ4n) is 1.65. The molecule has 0 aromatic heterocycles. The summed E-state index contributed by atoms with van der Waals surface area (Å²) in [6, 6.07) is 4.69. The van der Waals surface area contributed by atoms with Crippen molar-refractivity contribution in [1.29, 1.82) is 0 Å². The molecule has 84 valence electrons. The van der Waals surface area contributed by atoms with Crippen molar-refractivity contribution in [1.82, 2.24) is 10.6 Å². The van der Waals surface area contributed by atoms with Crippen LogP contribution in [0.3, 0.4) is 0 Å². The van der Waals surface area contributed by atoms with E-state index in [0.717, 1.165) is 19.6 Å². The van der Waals surface area contributed by atoms with Gasteiger partial charge in [-0.1, -0.05) is 11.6 Å². The summed E-state index contributed by atoms with van der Waals surface area (Å²) >= 11 is 5.82. The fourth-order valence-corrected chi connectivity index (χ4v) is 1.84. The molecule has 5 heteroatoms. The molecule has 0 spiro atoms. The summed E-state index contributed by atoms with van der Waals surface area (Å²) < 4.78 is 13.4. The highest BCUT2D eigenvalue weighted by Crippen LogP contribution is 2.21. The summed E-state index contributed by atoms with van der Waals surface area (Å²) in [5, 5.41) is 7.03. The van der Waals surface area contributed by atoms with Gasteiger partial charge in [-0.2, -0.15) is 0 Å². The number of halogens is 3. The van der Waals surface area contributed by atoms with E-state index in [1.54, 1.807) is 12.1 Å². The van der Waals surface area contributed by atoms with Gasteiger partial charge >= 0.3 is 0 Å². The lowest BCUT2D eigenvalue weighted by molar-refractivity contribution is 0.417. The van der Waals surface area contributed by atoms with Crippen LogP contribution in [0.25, 0.3) is 0 Å². The van der Waals surface area contributed by atoms with Crippen LogP contribution in [0, 0.1) is 5.82 Å². The van der Waals surface area contributed by atoms with E-state index < -0.39 is 0 Å². The van der Waals surface area contributed by atoms with Gasteiger partial charge in [0.05, 0.1) is 0 Å². The van der Waals surface area contributed by atoms with Gasteiger partial charge in [0, 0.05) is 36.3 Å². The first-order chi connectivity index (χ1) is 6.77. The number of hydrogen-bond donors (Lipinski definition) is 2. The molecule has 0 amide bonds. The molecular formula is C10H13Cl2FN2. The zero-order chi connectivity index (χ0) is 9.97. The Morgan fingerprint density at radius 2 is 2.13 bits per heavy atom. The van der Waals surface area contributed by atoms with Crippen molar-refractivity contribution < 1.29 is 4.39 Å². The summed E-state index contributed by atoms with van der Waals surface area (Å²) in [6.45, 7) is 2.53. The second-order valence-corrected chi connectivity index (χ2v) is 3.81. The summed E-state index contributed by atoms with van der Waals surface area (Å²) in [5.74, 6) is -0.199. The number of rotatable bonds is 1. The number of hydrogen-bond acceptors (Lipinski definition) is 2. The summed E-state index contributed by atoms with van der Waals surface area (Å²) in [7, 11) is 0. The molecule has 2 rings (SSSR count). The zero-order valence-corrected chi connectivity index (χ0v) is 9.67. The van der Waals surface area contributed by atoms with E-state index in [0.29, 0.717) is 10.6 Å². The van der Waals surface area contributed by atoms with Crippen molar-refractivity contribution in [2.45, 2.75) is 6.04 Å². The molecule has 0 unspecified atom stereocenters. The van der Waals surface area contributed by atoms with E-state index in [1.165, 1.54) is 6.07 Å². The third kappa shape index (κ3) is 3.05. The van der Waals surface area contributed by atoms with Crippen LogP contribution in [0.2, 0.25) is 5.02 Å². The van der Waals surface area contributed by atoms with Crippen LogP contribution in [-0.4, -0.2) is 19.6 Å². The van der Waals surface area contributed by atoms with Crippen molar-refractivity contribution in [3.8, 4) is 0 Å². The molecule has 0 bridgehead atoms. The molecule has 0 saturated carbocycles. The number of nitrogens with one attached hydrogen (secondary N) is 2. The lowest BCUT2D eigenvalue weighted by atomic mass is 10.1. The van der Waals surface area contributed by atoms with Crippen molar-refractivity contribution in [3.63, 3.8) is 0 Å². The second kappa shape index (κ2) is 5.66. The molecule has 2 nitrogen and oxygen atoms in total. The van der Waals surface area contributed by atoms with E-state index in [-0.39, 0.29) is 24.3 Å². The van der Waals surface area contributed by atoms with Crippen molar-refractivity contribution in [2.75, 3.05) is 19.6 Å². The summed E-state index contributed by atoms with van der Waals surface area (Å²) in [6.07, 6.45) is 0. The van der Waals surface area contributed by atoms with Gasteiger partial charge in [-0.05, 0) is 18.2 Å². The standard InChI is InChI=1S/C10H12ClFN2.ClH/c11-7-1-2-9(12)8(5-7)10-6-13-3-4-14-10;/h1-2,5,10,13-14H,3-4,6H2;1H/t10-;/m1./s1. The van der Waals surface area contributed by atoms with E-state index >= 15 is 0 Å². The maximum absolute atomic E-state index is 13.4. The van der Waals surface area contributed by atoms with Gasteiger partial charge in [-0.3, -0.25) is 0 Å². The first kappa shape index (κ1) is 12.7.